The number of nitrogens with zero attached hydrogens (tertiary/aromatic N) is 1. The molecule has 2 aromatic heterocycles. The van der Waals surface area contributed by atoms with Crippen molar-refractivity contribution in [3.8, 4) is 27.3 Å². The zero-order valence-corrected chi connectivity index (χ0v) is 32.4. The van der Waals surface area contributed by atoms with Crippen LogP contribution in [0.15, 0.2) is 60.0 Å². The minimum Gasteiger partial charge on any atom is -0.493 e. The summed E-state index contributed by atoms with van der Waals surface area (Å²) < 4.78 is 16.6. The molecule has 2 aromatic carbocycles. The molecule has 0 atom stereocenters. The van der Waals surface area contributed by atoms with Crippen molar-refractivity contribution in [1.82, 2.24) is 20.9 Å². The Bertz CT molecular complexity index is 2120. The highest BCUT2D eigenvalue weighted by atomic mass is 32.1. The molecule has 1 aliphatic carbocycles. The van der Waals surface area contributed by atoms with Crippen molar-refractivity contribution in [2.75, 3.05) is 26.1 Å². The summed E-state index contributed by atoms with van der Waals surface area (Å²) in [6.45, 7) is 6.00. The molecule has 0 spiro atoms. The van der Waals surface area contributed by atoms with Crippen LogP contribution in [-0.2, 0) is 27.2 Å². The third kappa shape index (κ3) is 8.80. The van der Waals surface area contributed by atoms with Crippen molar-refractivity contribution < 1.29 is 38.2 Å². The largest absolute Gasteiger partial charge is 0.493 e. The number of aromatic nitrogens is 1. The second-order valence-electron chi connectivity index (χ2n) is 14.5. The van der Waals surface area contributed by atoms with E-state index in [0.717, 1.165) is 40.8 Å². The summed E-state index contributed by atoms with van der Waals surface area (Å²) in [5.74, 6) is -1.66. The smallest absolute Gasteiger partial charge is 0.407 e. The lowest BCUT2D eigenvalue weighted by molar-refractivity contribution is -0.128. The first-order valence-electron chi connectivity index (χ1n) is 18.2. The molecule has 1 saturated carbocycles. The number of pyridine rings is 1. The van der Waals surface area contributed by atoms with Gasteiger partial charge in [0.25, 0.3) is 11.8 Å². The molecular formula is C41H45N5O8S. The number of esters is 1. The van der Waals surface area contributed by atoms with E-state index in [9.17, 15) is 24.0 Å². The maximum absolute atomic E-state index is 14.3. The summed E-state index contributed by atoms with van der Waals surface area (Å²) in [5.41, 5.74) is 1.93. The molecule has 2 aliphatic rings. The lowest BCUT2D eigenvalue weighted by Gasteiger charge is -2.36. The summed E-state index contributed by atoms with van der Waals surface area (Å²) in [5, 5.41) is 13.3. The van der Waals surface area contributed by atoms with Crippen LogP contribution in [0.25, 0.3) is 21.6 Å². The monoisotopic (exact) mass is 767 g/mol. The van der Waals surface area contributed by atoms with E-state index in [2.05, 4.69) is 26.3 Å². The van der Waals surface area contributed by atoms with Crippen LogP contribution in [0.1, 0.15) is 95.3 Å². The fraction of sp³-hybridized carbons (Fsp3) is 0.366. The van der Waals surface area contributed by atoms with Gasteiger partial charge in [-0.15, -0.1) is 11.3 Å². The van der Waals surface area contributed by atoms with Crippen molar-refractivity contribution in [3.63, 3.8) is 0 Å². The van der Waals surface area contributed by atoms with Crippen LogP contribution in [0.5, 0.6) is 5.75 Å². The molecule has 0 radical (unpaired) electrons. The standard InChI is InChI=1S/C41H45N5O8S/c1-40(2,3)54-39(51)43-23-24-9-11-26(12-10-24)44-35(47)29-21-30-32(53-19-15-25-16-20-55-34(25)30)22-28(29)27-13-14-31(45-33(27)37(49)52-5)36(48)46-41(38(50)42-4)17-7-6-8-18-41/h9-14,16,20-22H,6-8,15,17-19,23H2,1-5H3,(H,42,50)(H,43,51)(H,44,47)(H,46,48). The predicted octanol–water partition coefficient (Wildman–Crippen LogP) is 6.65. The molecule has 13 nitrogen and oxygen atoms in total. The number of rotatable bonds is 9. The minimum absolute atomic E-state index is 0.0838. The lowest BCUT2D eigenvalue weighted by atomic mass is 9.80. The van der Waals surface area contributed by atoms with Gasteiger partial charge < -0.3 is 35.5 Å². The Balaban J connectivity index is 1.36. The summed E-state index contributed by atoms with van der Waals surface area (Å²) in [7, 11) is 2.74. The number of carbonyl (C=O) groups excluding carboxylic acids is 5. The third-order valence-electron chi connectivity index (χ3n) is 9.55. The van der Waals surface area contributed by atoms with Gasteiger partial charge in [0, 0.05) is 52.8 Å². The molecule has 0 saturated heterocycles. The van der Waals surface area contributed by atoms with Crippen molar-refractivity contribution in [3.05, 3.63) is 88.1 Å². The fourth-order valence-electron chi connectivity index (χ4n) is 6.86. The van der Waals surface area contributed by atoms with Crippen LogP contribution in [0.2, 0.25) is 0 Å². The molecule has 4 amide bonds. The summed E-state index contributed by atoms with van der Waals surface area (Å²) in [4.78, 5) is 71.9. The number of fused-ring (bicyclic) bond motifs is 3. The lowest BCUT2D eigenvalue weighted by Crippen LogP contribution is -2.59. The molecule has 6 rings (SSSR count). The van der Waals surface area contributed by atoms with E-state index in [1.807, 2.05) is 11.4 Å². The molecule has 1 aliphatic heterocycles. The normalized spacial score (nSPS) is 14.5. The van der Waals surface area contributed by atoms with E-state index in [1.165, 1.54) is 20.2 Å². The summed E-state index contributed by atoms with van der Waals surface area (Å²) in [6.07, 6.45) is 3.61. The average Bonchev–Trinajstić information content (AvgIpc) is 3.57. The van der Waals surface area contributed by atoms with Crippen LogP contribution in [0.3, 0.4) is 0 Å². The Morgan fingerprint density at radius 3 is 2.35 bits per heavy atom. The molecule has 14 heteroatoms. The van der Waals surface area contributed by atoms with Gasteiger partial charge in [0.1, 0.15) is 22.6 Å². The molecule has 288 valence electrons. The predicted molar refractivity (Wildman–Crippen MR) is 208 cm³/mol. The highest BCUT2D eigenvalue weighted by molar-refractivity contribution is 7.13. The number of ether oxygens (including phenoxy) is 3. The number of hydrogen-bond acceptors (Lipinski definition) is 10. The first kappa shape index (κ1) is 38.9. The fourth-order valence-corrected chi connectivity index (χ4v) is 7.84. The van der Waals surface area contributed by atoms with Crippen LogP contribution in [-0.4, -0.2) is 66.7 Å². The molecular weight excluding hydrogens is 723 g/mol. The Hall–Kier alpha value is -5.76. The van der Waals surface area contributed by atoms with E-state index in [0.29, 0.717) is 42.9 Å². The Kier molecular flexibility index (Phi) is 11.6. The minimum atomic E-state index is -1.09. The zero-order valence-electron chi connectivity index (χ0n) is 31.6. The maximum atomic E-state index is 14.3. The molecule has 3 heterocycles. The van der Waals surface area contributed by atoms with Crippen LogP contribution < -0.4 is 26.0 Å². The van der Waals surface area contributed by atoms with Crippen molar-refractivity contribution in [2.45, 2.75) is 77.0 Å². The molecule has 55 heavy (non-hydrogen) atoms. The van der Waals surface area contributed by atoms with Gasteiger partial charge in [-0.3, -0.25) is 14.4 Å². The van der Waals surface area contributed by atoms with Gasteiger partial charge in [0.2, 0.25) is 5.91 Å². The van der Waals surface area contributed by atoms with Gasteiger partial charge in [-0.25, -0.2) is 14.6 Å². The molecule has 4 N–H and O–H groups in total. The number of benzene rings is 2. The van der Waals surface area contributed by atoms with Gasteiger partial charge in [-0.2, -0.15) is 0 Å². The summed E-state index contributed by atoms with van der Waals surface area (Å²) >= 11 is 1.54. The number of nitrogens with one attached hydrogen (secondary N) is 4. The van der Waals surface area contributed by atoms with Crippen LogP contribution in [0.4, 0.5) is 10.5 Å². The molecule has 0 unspecified atom stereocenters. The summed E-state index contributed by atoms with van der Waals surface area (Å²) in [6, 6.07) is 15.5. The second-order valence-corrected chi connectivity index (χ2v) is 15.5. The highest BCUT2D eigenvalue weighted by Gasteiger charge is 2.41. The quantitative estimate of drug-likeness (QED) is 0.136. The number of alkyl carbamates (subject to hydrolysis) is 1. The number of anilines is 1. The molecule has 1 fully saturated rings. The Labute approximate surface area is 323 Å². The van der Waals surface area contributed by atoms with E-state index < -0.39 is 35.0 Å². The number of likely N-dealkylation sites (N-methyl/N-ethyl adjacent to an activating group) is 1. The van der Waals surface area contributed by atoms with Gasteiger partial charge in [-0.1, -0.05) is 31.4 Å². The van der Waals surface area contributed by atoms with Crippen molar-refractivity contribution >= 4 is 46.8 Å². The van der Waals surface area contributed by atoms with Gasteiger partial charge in [0.15, 0.2) is 5.69 Å². The van der Waals surface area contributed by atoms with Crippen molar-refractivity contribution in [2.24, 2.45) is 0 Å². The van der Waals surface area contributed by atoms with E-state index in [-0.39, 0.29) is 35.0 Å². The van der Waals surface area contributed by atoms with Crippen molar-refractivity contribution in [1.29, 1.82) is 0 Å². The first-order chi connectivity index (χ1) is 26.3. The van der Waals surface area contributed by atoms with Gasteiger partial charge >= 0.3 is 12.1 Å². The topological polar surface area (TPSA) is 174 Å². The molecule has 0 bridgehead atoms. The van der Waals surface area contributed by atoms with E-state index in [1.54, 1.807) is 74.6 Å². The van der Waals surface area contributed by atoms with E-state index >= 15 is 0 Å². The zero-order chi connectivity index (χ0) is 39.3. The average molecular weight is 768 g/mol. The highest BCUT2D eigenvalue weighted by Crippen LogP contribution is 2.43. The maximum Gasteiger partial charge on any atom is 0.407 e. The van der Waals surface area contributed by atoms with Gasteiger partial charge in [-0.05, 0) is 92.6 Å². The van der Waals surface area contributed by atoms with E-state index in [4.69, 9.17) is 14.2 Å². The number of hydrogen-bond donors (Lipinski definition) is 4. The number of carbonyl (C=O) groups is 5. The van der Waals surface area contributed by atoms with Crippen LogP contribution >= 0.6 is 11.3 Å². The SMILES string of the molecule is CNC(=O)C1(NC(=O)c2ccc(-c3cc4c(cc3C(=O)Nc3ccc(CNC(=O)OC(C)(C)C)cc3)-c3sccc3CCO4)c(C(=O)OC)n2)CCCCC1. The number of thiophene rings is 1. The molecule has 4 aromatic rings. The number of methoxy groups -OCH3 is 1. The van der Waals surface area contributed by atoms with Crippen LogP contribution in [0, 0.1) is 0 Å². The Morgan fingerprint density at radius 1 is 0.909 bits per heavy atom. The first-order valence-corrected chi connectivity index (χ1v) is 19.1. The number of amides is 4. The third-order valence-corrected chi connectivity index (χ3v) is 10.5. The second kappa shape index (κ2) is 16.3. The Morgan fingerprint density at radius 2 is 1.65 bits per heavy atom. The van der Waals surface area contributed by atoms with Gasteiger partial charge in [0.05, 0.1) is 13.7 Å².